The fourth-order valence-electron chi connectivity index (χ4n) is 3.45. The molecule has 130 valence electrons. The summed E-state index contributed by atoms with van der Waals surface area (Å²) in [6.07, 6.45) is 9.19. The van der Waals surface area contributed by atoms with Crippen LogP contribution in [0.2, 0.25) is 0 Å². The SMILES string of the molecule is Cn1cncc1C1CCN(C(=O)C=Cc2ccc3c(c2)OCO3)CC1. The maximum Gasteiger partial charge on any atom is 0.246 e. The third-order valence-corrected chi connectivity index (χ3v) is 4.89. The Morgan fingerprint density at radius 1 is 1.24 bits per heavy atom. The molecule has 6 nitrogen and oxygen atoms in total. The lowest BCUT2D eigenvalue weighted by atomic mass is 9.93. The highest BCUT2D eigenvalue weighted by molar-refractivity contribution is 5.92. The van der Waals surface area contributed by atoms with Gasteiger partial charge < -0.3 is 18.9 Å². The van der Waals surface area contributed by atoms with Crippen LogP contribution in [-0.2, 0) is 11.8 Å². The van der Waals surface area contributed by atoms with Crippen LogP contribution in [0.1, 0.15) is 30.0 Å². The van der Waals surface area contributed by atoms with Crippen molar-refractivity contribution in [2.45, 2.75) is 18.8 Å². The first-order chi connectivity index (χ1) is 12.2. The standard InChI is InChI=1S/C19H21N3O3/c1-21-12-20-11-16(21)15-6-8-22(9-7-15)19(23)5-3-14-2-4-17-18(10-14)25-13-24-17/h2-5,10-12,15H,6-9,13H2,1H3. The van der Waals surface area contributed by atoms with E-state index in [0.717, 1.165) is 43.0 Å². The molecule has 0 saturated carbocycles. The fraction of sp³-hybridized carbons (Fsp3) is 0.368. The van der Waals surface area contributed by atoms with Gasteiger partial charge in [0.25, 0.3) is 0 Å². The third-order valence-electron chi connectivity index (χ3n) is 4.89. The smallest absolute Gasteiger partial charge is 0.246 e. The number of aryl methyl sites for hydroxylation is 1. The molecule has 1 fully saturated rings. The van der Waals surface area contributed by atoms with Gasteiger partial charge in [-0.1, -0.05) is 6.07 Å². The second-order valence-corrected chi connectivity index (χ2v) is 6.48. The summed E-state index contributed by atoms with van der Waals surface area (Å²) in [5.41, 5.74) is 2.19. The predicted octanol–water partition coefficient (Wildman–Crippen LogP) is 2.57. The molecular weight excluding hydrogens is 318 g/mol. The molecule has 2 aromatic rings. The van der Waals surface area contributed by atoms with Crippen molar-refractivity contribution in [3.05, 3.63) is 48.1 Å². The first kappa shape index (κ1) is 15.7. The molecule has 0 unspecified atom stereocenters. The van der Waals surface area contributed by atoms with Gasteiger partial charge in [-0.15, -0.1) is 0 Å². The zero-order chi connectivity index (χ0) is 17.2. The van der Waals surface area contributed by atoms with E-state index in [9.17, 15) is 4.79 Å². The number of aromatic nitrogens is 2. The summed E-state index contributed by atoms with van der Waals surface area (Å²) in [6, 6.07) is 5.68. The van der Waals surface area contributed by atoms with E-state index in [2.05, 4.69) is 9.55 Å². The van der Waals surface area contributed by atoms with Crippen LogP contribution in [0.5, 0.6) is 11.5 Å². The number of fused-ring (bicyclic) bond motifs is 1. The molecule has 25 heavy (non-hydrogen) atoms. The molecule has 0 spiro atoms. The Morgan fingerprint density at radius 3 is 2.80 bits per heavy atom. The molecule has 1 amide bonds. The summed E-state index contributed by atoms with van der Waals surface area (Å²) in [4.78, 5) is 18.5. The lowest BCUT2D eigenvalue weighted by Gasteiger charge is -2.31. The first-order valence-electron chi connectivity index (χ1n) is 8.53. The van der Waals surface area contributed by atoms with Gasteiger partial charge in [0.2, 0.25) is 12.7 Å². The largest absolute Gasteiger partial charge is 0.454 e. The van der Waals surface area contributed by atoms with Gasteiger partial charge in [0, 0.05) is 44.0 Å². The molecule has 6 heteroatoms. The summed E-state index contributed by atoms with van der Waals surface area (Å²) in [7, 11) is 2.02. The summed E-state index contributed by atoms with van der Waals surface area (Å²) in [5.74, 6) is 2.02. The number of carbonyl (C=O) groups excluding carboxylic acids is 1. The number of ether oxygens (including phenoxy) is 2. The molecule has 2 aliphatic heterocycles. The number of amides is 1. The molecule has 0 atom stereocenters. The van der Waals surface area contributed by atoms with Gasteiger partial charge in [-0.2, -0.15) is 0 Å². The van der Waals surface area contributed by atoms with Gasteiger partial charge in [-0.25, -0.2) is 4.98 Å². The minimum absolute atomic E-state index is 0.0566. The van der Waals surface area contributed by atoms with E-state index >= 15 is 0 Å². The summed E-state index contributed by atoms with van der Waals surface area (Å²) >= 11 is 0. The predicted molar refractivity (Wildman–Crippen MR) is 93.4 cm³/mol. The quantitative estimate of drug-likeness (QED) is 0.807. The molecule has 0 radical (unpaired) electrons. The molecule has 1 saturated heterocycles. The maximum absolute atomic E-state index is 12.4. The summed E-state index contributed by atoms with van der Waals surface area (Å²) in [5, 5.41) is 0. The molecule has 0 bridgehead atoms. The van der Waals surface area contributed by atoms with Gasteiger partial charge >= 0.3 is 0 Å². The highest BCUT2D eigenvalue weighted by Gasteiger charge is 2.24. The number of carbonyl (C=O) groups is 1. The topological polar surface area (TPSA) is 56.6 Å². The lowest BCUT2D eigenvalue weighted by molar-refractivity contribution is -0.127. The minimum Gasteiger partial charge on any atom is -0.454 e. The highest BCUT2D eigenvalue weighted by Crippen LogP contribution is 2.33. The molecule has 3 heterocycles. The zero-order valence-corrected chi connectivity index (χ0v) is 14.2. The van der Waals surface area contributed by atoms with Crippen LogP contribution in [0.4, 0.5) is 0 Å². The average molecular weight is 339 g/mol. The summed E-state index contributed by atoms with van der Waals surface area (Å²) in [6.45, 7) is 1.81. The highest BCUT2D eigenvalue weighted by atomic mass is 16.7. The van der Waals surface area contributed by atoms with Gasteiger partial charge in [0.1, 0.15) is 0 Å². The number of benzene rings is 1. The molecule has 1 aromatic carbocycles. The van der Waals surface area contributed by atoms with E-state index in [1.54, 1.807) is 6.08 Å². The molecular formula is C19H21N3O3. The fourth-order valence-corrected chi connectivity index (χ4v) is 3.45. The Labute approximate surface area is 146 Å². The second-order valence-electron chi connectivity index (χ2n) is 6.48. The Balaban J connectivity index is 1.35. The van der Waals surface area contributed by atoms with Crippen molar-refractivity contribution in [3.8, 4) is 11.5 Å². The van der Waals surface area contributed by atoms with E-state index in [0.29, 0.717) is 5.92 Å². The van der Waals surface area contributed by atoms with Crippen LogP contribution in [0.15, 0.2) is 36.8 Å². The normalized spacial score (nSPS) is 17.4. The van der Waals surface area contributed by atoms with Crippen LogP contribution in [0.25, 0.3) is 6.08 Å². The van der Waals surface area contributed by atoms with E-state index in [1.165, 1.54) is 5.69 Å². The Hall–Kier alpha value is -2.76. The van der Waals surface area contributed by atoms with Gasteiger partial charge in [0.15, 0.2) is 11.5 Å². The third kappa shape index (κ3) is 3.24. The van der Waals surface area contributed by atoms with Crippen LogP contribution >= 0.6 is 0 Å². The lowest BCUT2D eigenvalue weighted by Crippen LogP contribution is -2.37. The number of likely N-dealkylation sites (tertiary alicyclic amines) is 1. The van der Waals surface area contributed by atoms with E-state index in [1.807, 2.05) is 48.7 Å². The van der Waals surface area contributed by atoms with E-state index in [4.69, 9.17) is 9.47 Å². The first-order valence-corrected chi connectivity index (χ1v) is 8.53. The van der Waals surface area contributed by atoms with Crippen LogP contribution < -0.4 is 9.47 Å². The van der Waals surface area contributed by atoms with Crippen molar-refractivity contribution in [3.63, 3.8) is 0 Å². The zero-order valence-electron chi connectivity index (χ0n) is 14.2. The van der Waals surface area contributed by atoms with Crippen molar-refractivity contribution in [2.24, 2.45) is 7.05 Å². The van der Waals surface area contributed by atoms with E-state index in [-0.39, 0.29) is 12.7 Å². The Kier molecular flexibility index (Phi) is 4.17. The Morgan fingerprint density at radius 2 is 2.04 bits per heavy atom. The van der Waals surface area contributed by atoms with Crippen molar-refractivity contribution in [2.75, 3.05) is 19.9 Å². The molecule has 0 aliphatic carbocycles. The maximum atomic E-state index is 12.4. The van der Waals surface area contributed by atoms with E-state index < -0.39 is 0 Å². The number of imidazole rings is 1. The van der Waals surface area contributed by atoms with Crippen LogP contribution in [0, 0.1) is 0 Å². The molecule has 4 rings (SSSR count). The van der Waals surface area contributed by atoms with Crippen molar-refractivity contribution in [1.82, 2.24) is 14.5 Å². The number of piperidine rings is 1. The van der Waals surface area contributed by atoms with Crippen molar-refractivity contribution < 1.29 is 14.3 Å². The van der Waals surface area contributed by atoms with Crippen LogP contribution in [0.3, 0.4) is 0 Å². The average Bonchev–Trinajstić information content (AvgIpc) is 3.28. The number of nitrogens with zero attached hydrogens (tertiary/aromatic N) is 3. The number of hydrogen-bond acceptors (Lipinski definition) is 4. The monoisotopic (exact) mass is 339 g/mol. The van der Waals surface area contributed by atoms with Crippen molar-refractivity contribution in [1.29, 1.82) is 0 Å². The summed E-state index contributed by atoms with van der Waals surface area (Å²) < 4.78 is 12.7. The van der Waals surface area contributed by atoms with Gasteiger partial charge in [-0.3, -0.25) is 4.79 Å². The number of hydrogen-bond donors (Lipinski definition) is 0. The molecule has 0 N–H and O–H groups in total. The van der Waals surface area contributed by atoms with Gasteiger partial charge in [0.05, 0.1) is 6.33 Å². The minimum atomic E-state index is 0.0566. The number of rotatable bonds is 3. The Bertz CT molecular complexity index is 804. The molecule has 1 aromatic heterocycles. The second kappa shape index (κ2) is 6.63. The molecule has 2 aliphatic rings. The van der Waals surface area contributed by atoms with Crippen molar-refractivity contribution >= 4 is 12.0 Å². The van der Waals surface area contributed by atoms with Crippen LogP contribution in [-0.4, -0.2) is 40.2 Å². The van der Waals surface area contributed by atoms with Gasteiger partial charge in [-0.05, 0) is 36.6 Å².